The molecule has 2 N–H and O–H groups in total. The van der Waals surface area contributed by atoms with E-state index in [1.54, 1.807) is 0 Å². The van der Waals surface area contributed by atoms with Crippen LogP contribution in [0.1, 0.15) is 29.5 Å². The van der Waals surface area contributed by atoms with Gasteiger partial charge in [-0.2, -0.15) is 0 Å². The summed E-state index contributed by atoms with van der Waals surface area (Å²) in [6.45, 7) is 1.56. The fourth-order valence-electron chi connectivity index (χ4n) is 2.96. The third-order valence-electron chi connectivity index (χ3n) is 4.20. The van der Waals surface area contributed by atoms with Crippen molar-refractivity contribution in [1.82, 2.24) is 4.90 Å². The Bertz CT molecular complexity index is 597. The molecular formula is C18H20N2O. The molecule has 0 spiro atoms. The number of nitrogens with zero attached hydrogens (tertiary/aromatic N) is 1. The number of carbonyl (C=O) groups excluding carboxylic acids is 1. The summed E-state index contributed by atoms with van der Waals surface area (Å²) in [5.41, 5.74) is 8.30. The van der Waals surface area contributed by atoms with Crippen LogP contribution in [0, 0.1) is 0 Å². The molecule has 3 nitrogen and oxygen atoms in total. The molecule has 1 fully saturated rings. The van der Waals surface area contributed by atoms with Gasteiger partial charge in [-0.1, -0.05) is 60.7 Å². The highest BCUT2D eigenvalue weighted by atomic mass is 16.2. The Morgan fingerprint density at radius 3 is 2.33 bits per heavy atom. The minimum atomic E-state index is -0.555. The van der Waals surface area contributed by atoms with Gasteiger partial charge in [0.05, 0.1) is 0 Å². The van der Waals surface area contributed by atoms with Gasteiger partial charge in [0, 0.05) is 19.0 Å². The van der Waals surface area contributed by atoms with Crippen LogP contribution in [-0.2, 0) is 4.79 Å². The van der Waals surface area contributed by atoms with Crippen molar-refractivity contribution in [3.8, 4) is 0 Å². The lowest BCUT2D eigenvalue weighted by Gasteiger charge is -2.21. The first-order valence-corrected chi connectivity index (χ1v) is 7.40. The van der Waals surface area contributed by atoms with Crippen molar-refractivity contribution in [1.29, 1.82) is 0 Å². The number of nitrogens with two attached hydrogens (primary N) is 1. The fraction of sp³-hybridized carbons (Fsp3) is 0.278. The number of hydrogen-bond donors (Lipinski definition) is 1. The van der Waals surface area contributed by atoms with Crippen LogP contribution in [0.4, 0.5) is 0 Å². The summed E-state index contributed by atoms with van der Waals surface area (Å²) < 4.78 is 0. The normalized spacial score (nSPS) is 19.5. The molecule has 0 aromatic heterocycles. The third-order valence-corrected chi connectivity index (χ3v) is 4.20. The maximum Gasteiger partial charge on any atom is 0.244 e. The number of benzene rings is 2. The van der Waals surface area contributed by atoms with Crippen molar-refractivity contribution < 1.29 is 4.79 Å². The molecule has 1 amide bonds. The molecule has 0 aliphatic carbocycles. The number of amides is 1. The van der Waals surface area contributed by atoms with Crippen LogP contribution in [0.2, 0.25) is 0 Å². The quantitative estimate of drug-likeness (QED) is 0.939. The minimum Gasteiger partial charge on any atom is -0.340 e. The van der Waals surface area contributed by atoms with E-state index in [4.69, 9.17) is 5.73 Å². The molecule has 1 unspecified atom stereocenters. The van der Waals surface area contributed by atoms with E-state index < -0.39 is 6.04 Å². The van der Waals surface area contributed by atoms with Crippen molar-refractivity contribution in [3.05, 3.63) is 71.8 Å². The smallest absolute Gasteiger partial charge is 0.244 e. The SMILES string of the molecule is N[C@H](C(=O)N1CCC(c2ccccc2)C1)c1ccccc1. The van der Waals surface area contributed by atoms with Gasteiger partial charge < -0.3 is 10.6 Å². The Labute approximate surface area is 125 Å². The maximum absolute atomic E-state index is 12.5. The van der Waals surface area contributed by atoms with E-state index in [-0.39, 0.29) is 5.91 Å². The first-order valence-electron chi connectivity index (χ1n) is 7.40. The monoisotopic (exact) mass is 280 g/mol. The Morgan fingerprint density at radius 1 is 1.05 bits per heavy atom. The van der Waals surface area contributed by atoms with Crippen molar-refractivity contribution in [3.63, 3.8) is 0 Å². The van der Waals surface area contributed by atoms with E-state index in [9.17, 15) is 4.79 Å². The topological polar surface area (TPSA) is 46.3 Å². The van der Waals surface area contributed by atoms with Gasteiger partial charge in [-0.15, -0.1) is 0 Å². The average molecular weight is 280 g/mol. The predicted molar refractivity (Wildman–Crippen MR) is 83.8 cm³/mol. The first kappa shape index (κ1) is 13.8. The van der Waals surface area contributed by atoms with Crippen molar-refractivity contribution in [2.75, 3.05) is 13.1 Å². The Balaban J connectivity index is 1.67. The lowest BCUT2D eigenvalue weighted by Crippen LogP contribution is -2.36. The largest absolute Gasteiger partial charge is 0.340 e. The molecule has 0 radical (unpaired) electrons. The Hall–Kier alpha value is -2.13. The van der Waals surface area contributed by atoms with Gasteiger partial charge in [-0.3, -0.25) is 4.79 Å². The standard InChI is InChI=1S/C18H20N2O/c19-17(15-9-5-2-6-10-15)18(21)20-12-11-16(13-20)14-7-3-1-4-8-14/h1-10,16-17H,11-13,19H2/t16?,17-/m0/s1. The molecule has 0 bridgehead atoms. The molecule has 3 heteroatoms. The second kappa shape index (κ2) is 6.10. The first-order chi connectivity index (χ1) is 10.3. The number of likely N-dealkylation sites (tertiary alicyclic amines) is 1. The second-order valence-corrected chi connectivity index (χ2v) is 5.57. The average Bonchev–Trinajstić information content (AvgIpc) is 3.05. The zero-order valence-corrected chi connectivity index (χ0v) is 12.0. The van der Waals surface area contributed by atoms with Crippen LogP contribution < -0.4 is 5.73 Å². The molecular weight excluding hydrogens is 260 g/mol. The van der Waals surface area contributed by atoms with Crippen LogP contribution in [0.25, 0.3) is 0 Å². The van der Waals surface area contributed by atoms with E-state index >= 15 is 0 Å². The lowest BCUT2D eigenvalue weighted by molar-refractivity contribution is -0.131. The van der Waals surface area contributed by atoms with Gasteiger partial charge in [-0.25, -0.2) is 0 Å². The molecule has 108 valence electrons. The van der Waals surface area contributed by atoms with Crippen LogP contribution in [0.5, 0.6) is 0 Å². The fourth-order valence-corrected chi connectivity index (χ4v) is 2.96. The second-order valence-electron chi connectivity index (χ2n) is 5.57. The predicted octanol–water partition coefficient (Wildman–Crippen LogP) is 2.70. The molecule has 2 atom stereocenters. The molecule has 1 saturated heterocycles. The van der Waals surface area contributed by atoms with Gasteiger partial charge in [0.15, 0.2) is 0 Å². The Kier molecular flexibility index (Phi) is 4.02. The molecule has 1 aliphatic rings. The van der Waals surface area contributed by atoms with Gasteiger partial charge in [0.25, 0.3) is 0 Å². The summed E-state index contributed by atoms with van der Waals surface area (Å²) in [6.07, 6.45) is 1.01. The van der Waals surface area contributed by atoms with Crippen molar-refractivity contribution in [2.24, 2.45) is 5.73 Å². The summed E-state index contributed by atoms with van der Waals surface area (Å²) in [6, 6.07) is 19.4. The van der Waals surface area contributed by atoms with Gasteiger partial charge in [0.1, 0.15) is 6.04 Å². The molecule has 2 aromatic carbocycles. The van der Waals surface area contributed by atoms with Crippen LogP contribution in [-0.4, -0.2) is 23.9 Å². The highest BCUT2D eigenvalue weighted by molar-refractivity contribution is 5.83. The van der Waals surface area contributed by atoms with Crippen LogP contribution in [0.15, 0.2) is 60.7 Å². The number of hydrogen-bond acceptors (Lipinski definition) is 2. The van der Waals surface area contributed by atoms with E-state index in [1.165, 1.54) is 5.56 Å². The molecule has 1 heterocycles. The summed E-state index contributed by atoms with van der Waals surface area (Å²) in [5.74, 6) is 0.456. The van der Waals surface area contributed by atoms with Gasteiger partial charge >= 0.3 is 0 Å². The van der Waals surface area contributed by atoms with Crippen molar-refractivity contribution >= 4 is 5.91 Å². The molecule has 21 heavy (non-hydrogen) atoms. The van der Waals surface area contributed by atoms with Gasteiger partial charge in [0.2, 0.25) is 5.91 Å². The van der Waals surface area contributed by atoms with Crippen LogP contribution in [0.3, 0.4) is 0 Å². The van der Waals surface area contributed by atoms with Crippen LogP contribution >= 0.6 is 0 Å². The molecule has 3 rings (SSSR count). The highest BCUT2D eigenvalue weighted by Crippen LogP contribution is 2.28. The summed E-state index contributed by atoms with van der Waals surface area (Å²) in [7, 11) is 0. The number of carbonyl (C=O) groups is 1. The maximum atomic E-state index is 12.5. The van der Waals surface area contributed by atoms with E-state index in [1.807, 2.05) is 41.3 Å². The van der Waals surface area contributed by atoms with E-state index in [0.29, 0.717) is 5.92 Å². The minimum absolute atomic E-state index is 0.0274. The summed E-state index contributed by atoms with van der Waals surface area (Å²) in [4.78, 5) is 14.4. The van der Waals surface area contributed by atoms with E-state index in [0.717, 1.165) is 25.1 Å². The van der Waals surface area contributed by atoms with Crippen molar-refractivity contribution in [2.45, 2.75) is 18.4 Å². The summed E-state index contributed by atoms with van der Waals surface area (Å²) in [5, 5.41) is 0. The molecule has 2 aromatic rings. The zero-order valence-electron chi connectivity index (χ0n) is 12.0. The lowest BCUT2D eigenvalue weighted by atomic mass is 9.99. The van der Waals surface area contributed by atoms with Gasteiger partial charge in [-0.05, 0) is 17.5 Å². The van der Waals surface area contributed by atoms with E-state index in [2.05, 4.69) is 24.3 Å². The third kappa shape index (κ3) is 2.98. The Morgan fingerprint density at radius 2 is 1.67 bits per heavy atom. The number of rotatable bonds is 3. The zero-order chi connectivity index (χ0) is 14.7. The molecule has 1 aliphatic heterocycles. The molecule has 0 saturated carbocycles. The summed E-state index contributed by atoms with van der Waals surface area (Å²) >= 11 is 0. The highest BCUT2D eigenvalue weighted by Gasteiger charge is 2.30.